The van der Waals surface area contributed by atoms with Gasteiger partial charge in [-0.15, -0.1) is 13.0 Å². The van der Waals surface area contributed by atoms with Crippen LogP contribution in [0.2, 0.25) is 10.0 Å². The maximum Gasteiger partial charge on any atom is 0.244 e. The Morgan fingerprint density at radius 1 is 1.26 bits per heavy atom. The van der Waals surface area contributed by atoms with Crippen molar-refractivity contribution in [2.45, 2.75) is 36.2 Å². The van der Waals surface area contributed by atoms with E-state index in [9.17, 15) is 13.2 Å². The Hall–Kier alpha value is -1.52. The molecule has 0 aliphatic carbocycles. The first-order chi connectivity index (χ1) is 12.8. The Labute approximate surface area is 170 Å². The first-order valence-electron chi connectivity index (χ1n) is 8.64. The van der Waals surface area contributed by atoms with Crippen LogP contribution in [0, 0.1) is 18.3 Å². The summed E-state index contributed by atoms with van der Waals surface area (Å²) in [5.74, 6) is 2.01. The zero-order chi connectivity index (χ0) is 19.8. The van der Waals surface area contributed by atoms with Crippen LogP contribution in [-0.4, -0.2) is 48.7 Å². The predicted molar refractivity (Wildman–Crippen MR) is 106 cm³/mol. The quantitative estimate of drug-likeness (QED) is 0.548. The molecular weight excluding hydrogens is 407 g/mol. The minimum Gasteiger partial charge on any atom is -0.330 e. The van der Waals surface area contributed by atoms with E-state index in [0.717, 1.165) is 6.42 Å². The Bertz CT molecular complexity index is 890. The lowest BCUT2D eigenvalue weighted by Gasteiger charge is -2.40. The van der Waals surface area contributed by atoms with Crippen LogP contribution in [0.25, 0.3) is 0 Å². The van der Waals surface area contributed by atoms with Crippen molar-refractivity contribution in [1.82, 2.24) is 9.21 Å². The van der Waals surface area contributed by atoms with E-state index in [1.807, 2.05) is 0 Å². The van der Waals surface area contributed by atoms with Gasteiger partial charge in [-0.2, -0.15) is 4.31 Å². The Kier molecular flexibility index (Phi) is 5.87. The molecule has 2 heterocycles. The van der Waals surface area contributed by atoms with Crippen LogP contribution < -0.4 is 0 Å². The summed E-state index contributed by atoms with van der Waals surface area (Å²) < 4.78 is 28.3. The predicted octanol–water partition coefficient (Wildman–Crippen LogP) is 3.18. The van der Waals surface area contributed by atoms with E-state index in [2.05, 4.69) is 12.5 Å². The van der Waals surface area contributed by atoms with Gasteiger partial charge in [-0.1, -0.05) is 35.2 Å². The smallest absolute Gasteiger partial charge is 0.244 e. The van der Waals surface area contributed by atoms with Gasteiger partial charge in [0.25, 0.3) is 0 Å². The topological polar surface area (TPSA) is 57.7 Å². The summed E-state index contributed by atoms with van der Waals surface area (Å²) in [5.41, 5.74) is 0. The van der Waals surface area contributed by atoms with Crippen molar-refractivity contribution in [3.63, 3.8) is 0 Å². The maximum absolute atomic E-state index is 13.5. The van der Waals surface area contributed by atoms with Crippen LogP contribution >= 0.6 is 23.2 Å². The summed E-state index contributed by atoms with van der Waals surface area (Å²) in [7, 11) is -3.99. The molecule has 2 aliphatic rings. The van der Waals surface area contributed by atoms with Crippen molar-refractivity contribution in [3.05, 3.63) is 40.9 Å². The monoisotopic (exact) mass is 426 g/mol. The van der Waals surface area contributed by atoms with Gasteiger partial charge in [0, 0.05) is 28.5 Å². The van der Waals surface area contributed by atoms with Gasteiger partial charge in [-0.25, -0.2) is 8.42 Å². The minimum atomic E-state index is -3.99. The van der Waals surface area contributed by atoms with E-state index in [0.29, 0.717) is 19.4 Å². The fourth-order valence-corrected chi connectivity index (χ4v) is 6.55. The highest BCUT2D eigenvalue weighted by molar-refractivity contribution is 7.89. The molecule has 2 fully saturated rings. The zero-order valence-electron chi connectivity index (χ0n) is 14.6. The summed E-state index contributed by atoms with van der Waals surface area (Å²) in [6, 6.07) is 3.03. The molecule has 2 saturated heterocycles. The molecule has 0 spiro atoms. The Morgan fingerprint density at radius 2 is 1.93 bits per heavy atom. The molecule has 27 heavy (non-hydrogen) atoms. The van der Waals surface area contributed by atoms with Crippen molar-refractivity contribution >= 4 is 39.1 Å². The highest BCUT2D eigenvalue weighted by Crippen LogP contribution is 2.38. The molecule has 1 amide bonds. The number of nitrogens with zero attached hydrogens (tertiary/aromatic N) is 2. The normalized spacial score (nSPS) is 26.3. The molecule has 2 aliphatic heterocycles. The van der Waals surface area contributed by atoms with Crippen LogP contribution in [0.4, 0.5) is 0 Å². The molecule has 5 nitrogen and oxygen atoms in total. The van der Waals surface area contributed by atoms with Crippen molar-refractivity contribution in [2.75, 3.05) is 13.1 Å². The lowest BCUT2D eigenvalue weighted by Crippen LogP contribution is -2.54. The number of rotatable bonds is 4. The Balaban J connectivity index is 2.13. The van der Waals surface area contributed by atoms with Gasteiger partial charge in [0.05, 0.1) is 11.4 Å². The van der Waals surface area contributed by atoms with E-state index in [-0.39, 0.29) is 39.4 Å². The van der Waals surface area contributed by atoms with Gasteiger partial charge >= 0.3 is 0 Å². The fraction of sp³-hybridized carbons (Fsp3) is 0.421. The van der Waals surface area contributed by atoms with Crippen LogP contribution in [0.3, 0.4) is 0 Å². The number of piperidine rings is 1. The van der Waals surface area contributed by atoms with Crippen molar-refractivity contribution in [1.29, 1.82) is 0 Å². The van der Waals surface area contributed by atoms with E-state index >= 15 is 0 Å². The highest BCUT2D eigenvalue weighted by atomic mass is 35.5. The van der Waals surface area contributed by atoms with E-state index in [1.54, 1.807) is 11.0 Å². The lowest BCUT2D eigenvalue weighted by atomic mass is 9.90. The second kappa shape index (κ2) is 7.84. The first kappa shape index (κ1) is 20.2. The summed E-state index contributed by atoms with van der Waals surface area (Å²) >= 11 is 12.0. The molecule has 2 unspecified atom stereocenters. The van der Waals surface area contributed by atoms with Gasteiger partial charge < -0.3 is 4.90 Å². The third-order valence-electron chi connectivity index (χ3n) is 5.13. The highest BCUT2D eigenvalue weighted by Gasteiger charge is 2.49. The molecule has 3 rings (SSSR count). The second-order valence-electron chi connectivity index (χ2n) is 6.78. The van der Waals surface area contributed by atoms with Gasteiger partial charge in [-0.3, -0.25) is 4.79 Å². The molecule has 144 valence electrons. The second-order valence-corrected chi connectivity index (χ2v) is 9.49. The molecule has 3 atom stereocenters. The SMILES string of the molecule is C#CCN1C[C@H](C=C)C2CCCC(C1=O)N2S(=O)(=O)c1cc(Cl)cc(Cl)c1. The maximum atomic E-state index is 13.5. The molecule has 0 radical (unpaired) electrons. The average molecular weight is 427 g/mol. The van der Waals surface area contributed by atoms with Crippen LogP contribution in [-0.2, 0) is 14.8 Å². The number of halogens is 2. The number of amides is 1. The van der Waals surface area contributed by atoms with Crippen LogP contribution in [0.1, 0.15) is 19.3 Å². The number of terminal acetylenes is 1. The average Bonchev–Trinajstić information content (AvgIpc) is 2.68. The standard InChI is InChI=1S/C19H20Cl2N2O3S/c1-3-8-22-12-13(4-2)17-6-5-7-18(19(22)24)23(17)27(25,26)16-10-14(20)9-15(21)11-16/h1,4,9-11,13,17-18H,2,5-8,12H2/t13-,17?,18?/m0/s1. The van der Waals surface area contributed by atoms with Gasteiger partial charge in [-0.05, 0) is 37.5 Å². The van der Waals surface area contributed by atoms with Gasteiger partial charge in [0.2, 0.25) is 15.9 Å². The molecule has 0 N–H and O–H groups in total. The van der Waals surface area contributed by atoms with Crippen molar-refractivity contribution < 1.29 is 13.2 Å². The van der Waals surface area contributed by atoms with Gasteiger partial charge in [0.1, 0.15) is 6.04 Å². The molecule has 8 heteroatoms. The lowest BCUT2D eigenvalue weighted by molar-refractivity contribution is -0.134. The summed E-state index contributed by atoms with van der Waals surface area (Å²) in [5, 5.41) is 0.447. The number of carbonyl (C=O) groups excluding carboxylic acids is 1. The van der Waals surface area contributed by atoms with E-state index in [4.69, 9.17) is 29.6 Å². The molecule has 0 saturated carbocycles. The number of carbonyl (C=O) groups is 1. The summed E-state index contributed by atoms with van der Waals surface area (Å²) in [4.78, 5) is 14.6. The number of hydrogen-bond donors (Lipinski definition) is 0. The fourth-order valence-electron chi connectivity index (χ4n) is 3.95. The van der Waals surface area contributed by atoms with E-state index in [1.165, 1.54) is 22.5 Å². The van der Waals surface area contributed by atoms with Gasteiger partial charge in [0.15, 0.2) is 0 Å². The van der Waals surface area contributed by atoms with Crippen LogP contribution in [0.5, 0.6) is 0 Å². The Morgan fingerprint density at radius 3 is 2.52 bits per heavy atom. The first-order valence-corrected chi connectivity index (χ1v) is 10.8. The van der Waals surface area contributed by atoms with E-state index < -0.39 is 16.1 Å². The van der Waals surface area contributed by atoms with Crippen molar-refractivity contribution in [3.8, 4) is 12.3 Å². The number of benzene rings is 1. The minimum absolute atomic E-state index is 0.0158. The molecule has 0 aromatic heterocycles. The summed E-state index contributed by atoms with van der Waals surface area (Å²) in [6.07, 6.45) is 8.99. The summed E-state index contributed by atoms with van der Waals surface area (Å²) in [6.45, 7) is 4.36. The largest absolute Gasteiger partial charge is 0.330 e. The zero-order valence-corrected chi connectivity index (χ0v) is 17.0. The molecule has 1 aromatic rings. The third-order valence-corrected chi connectivity index (χ3v) is 7.48. The number of sulfonamides is 1. The van der Waals surface area contributed by atoms with Crippen molar-refractivity contribution in [2.24, 2.45) is 5.92 Å². The third kappa shape index (κ3) is 3.74. The molecule has 2 bridgehead atoms. The molecular formula is C19H20Cl2N2O3S. The molecule has 1 aromatic carbocycles. The van der Waals surface area contributed by atoms with Crippen LogP contribution in [0.15, 0.2) is 35.7 Å². The number of hydrogen-bond acceptors (Lipinski definition) is 3. The number of fused-ring (bicyclic) bond motifs is 2.